The summed E-state index contributed by atoms with van der Waals surface area (Å²) < 4.78 is 16.8. The van der Waals surface area contributed by atoms with Gasteiger partial charge in [-0.2, -0.15) is 0 Å². The molecule has 4 nitrogen and oxygen atoms in total. The number of rotatable bonds is 7. The van der Waals surface area contributed by atoms with Gasteiger partial charge in [-0.3, -0.25) is 4.79 Å². The largest absolute Gasteiger partial charge is 0.493 e. The quantitative estimate of drug-likeness (QED) is 0.702. The van der Waals surface area contributed by atoms with E-state index in [4.69, 9.17) is 14.2 Å². The van der Waals surface area contributed by atoms with Crippen molar-refractivity contribution in [1.82, 2.24) is 0 Å². The maximum absolute atomic E-state index is 12.2. The van der Waals surface area contributed by atoms with Crippen LogP contribution in [0.3, 0.4) is 0 Å². The van der Waals surface area contributed by atoms with Crippen LogP contribution in [0.25, 0.3) is 6.08 Å². The lowest BCUT2D eigenvalue weighted by molar-refractivity contribution is 0.101. The Hall–Kier alpha value is -2.75. The molecule has 0 fully saturated rings. The van der Waals surface area contributed by atoms with Crippen molar-refractivity contribution < 1.29 is 19.0 Å². The summed E-state index contributed by atoms with van der Waals surface area (Å²) in [7, 11) is 3.12. The van der Waals surface area contributed by atoms with Crippen molar-refractivity contribution in [1.29, 1.82) is 0 Å². The molecule has 0 N–H and O–H groups in total. The van der Waals surface area contributed by atoms with E-state index in [2.05, 4.69) is 0 Å². The summed E-state index contributed by atoms with van der Waals surface area (Å²) in [6.07, 6.45) is 3.68. The highest BCUT2D eigenvalue weighted by molar-refractivity contribution is 6.02. The molecule has 126 valence electrons. The van der Waals surface area contributed by atoms with Gasteiger partial charge in [0.15, 0.2) is 17.3 Å². The number of methoxy groups -OCH3 is 2. The average molecular weight is 326 g/mol. The second kappa shape index (κ2) is 8.20. The van der Waals surface area contributed by atoms with E-state index < -0.39 is 0 Å². The molecular formula is C20H22O4. The zero-order valence-electron chi connectivity index (χ0n) is 14.5. The van der Waals surface area contributed by atoms with Gasteiger partial charge in [-0.05, 0) is 19.4 Å². The number of ketones is 1. The Kier molecular flexibility index (Phi) is 6.01. The maximum atomic E-state index is 12.2. The van der Waals surface area contributed by atoms with E-state index in [1.807, 2.05) is 49.4 Å². The molecule has 0 atom stereocenters. The van der Waals surface area contributed by atoms with Crippen LogP contribution in [-0.2, 0) is 6.61 Å². The Labute approximate surface area is 142 Å². The lowest BCUT2D eigenvalue weighted by atomic mass is 10.0. The van der Waals surface area contributed by atoms with Gasteiger partial charge in [0.05, 0.1) is 19.8 Å². The van der Waals surface area contributed by atoms with Gasteiger partial charge in [0, 0.05) is 11.6 Å². The number of carbonyl (C=O) groups excluding carboxylic acids is 1. The molecular weight excluding hydrogens is 304 g/mol. The number of allylic oxidation sites excluding steroid dienone is 1. The standard InChI is InChI=1S/C20H22O4/c1-5-9-16-19(14(2)21)17(12-18(22-3)20(16)23-4)24-13-15-10-7-6-8-11-15/h5-12H,13H2,1-4H3. The molecule has 0 unspecified atom stereocenters. The SMILES string of the molecule is CC=Cc1c(OC)c(OC)cc(OCc2ccccc2)c1C(C)=O. The molecule has 2 aromatic rings. The normalized spacial score (nSPS) is 10.7. The highest BCUT2D eigenvalue weighted by Gasteiger charge is 2.22. The number of benzene rings is 2. The predicted octanol–water partition coefficient (Wildman–Crippen LogP) is 4.52. The first-order chi connectivity index (χ1) is 11.6. The number of ether oxygens (including phenoxy) is 3. The summed E-state index contributed by atoms with van der Waals surface area (Å²) in [4.78, 5) is 12.2. The van der Waals surface area contributed by atoms with Gasteiger partial charge < -0.3 is 14.2 Å². The fourth-order valence-electron chi connectivity index (χ4n) is 2.54. The minimum atomic E-state index is -0.0906. The van der Waals surface area contributed by atoms with Crippen LogP contribution in [0.1, 0.15) is 35.3 Å². The van der Waals surface area contributed by atoms with E-state index in [-0.39, 0.29) is 5.78 Å². The molecule has 2 rings (SSSR count). The number of hydrogen-bond acceptors (Lipinski definition) is 4. The fourth-order valence-corrected chi connectivity index (χ4v) is 2.54. The summed E-state index contributed by atoms with van der Waals surface area (Å²) in [6.45, 7) is 3.77. The third-order valence-corrected chi connectivity index (χ3v) is 3.59. The van der Waals surface area contributed by atoms with Crippen molar-refractivity contribution in [2.24, 2.45) is 0 Å². The van der Waals surface area contributed by atoms with Crippen LogP contribution in [0.4, 0.5) is 0 Å². The summed E-state index contributed by atoms with van der Waals surface area (Å²) in [5.74, 6) is 1.44. The van der Waals surface area contributed by atoms with Gasteiger partial charge in [-0.15, -0.1) is 0 Å². The number of hydrogen-bond donors (Lipinski definition) is 0. The van der Waals surface area contributed by atoms with Crippen LogP contribution in [0, 0.1) is 0 Å². The Morgan fingerprint density at radius 2 is 1.79 bits per heavy atom. The number of Topliss-reactive ketones (excluding diaryl/α,β-unsaturated/α-hetero) is 1. The molecule has 2 aromatic carbocycles. The van der Waals surface area contributed by atoms with E-state index in [1.54, 1.807) is 20.3 Å². The monoisotopic (exact) mass is 326 g/mol. The Morgan fingerprint density at radius 1 is 1.08 bits per heavy atom. The first-order valence-corrected chi connectivity index (χ1v) is 7.71. The molecule has 0 aliphatic rings. The van der Waals surface area contributed by atoms with Gasteiger partial charge in [-0.25, -0.2) is 0 Å². The first kappa shape index (κ1) is 17.6. The van der Waals surface area contributed by atoms with Crippen molar-refractivity contribution in [2.75, 3.05) is 14.2 Å². The molecule has 4 heteroatoms. The second-order valence-electron chi connectivity index (χ2n) is 5.23. The zero-order chi connectivity index (χ0) is 17.5. The minimum Gasteiger partial charge on any atom is -0.493 e. The van der Waals surface area contributed by atoms with Crippen LogP contribution in [-0.4, -0.2) is 20.0 Å². The Morgan fingerprint density at radius 3 is 2.33 bits per heavy atom. The molecule has 24 heavy (non-hydrogen) atoms. The minimum absolute atomic E-state index is 0.0906. The summed E-state index contributed by atoms with van der Waals surface area (Å²) in [5.41, 5.74) is 2.17. The second-order valence-corrected chi connectivity index (χ2v) is 5.23. The molecule has 0 radical (unpaired) electrons. The van der Waals surface area contributed by atoms with Gasteiger partial charge in [0.1, 0.15) is 12.4 Å². The van der Waals surface area contributed by atoms with Crippen LogP contribution < -0.4 is 14.2 Å². The topological polar surface area (TPSA) is 44.8 Å². The van der Waals surface area contributed by atoms with E-state index in [1.165, 1.54) is 6.92 Å². The molecule has 0 bridgehead atoms. The van der Waals surface area contributed by atoms with Crippen LogP contribution in [0.2, 0.25) is 0 Å². The van der Waals surface area contributed by atoms with Crippen molar-refractivity contribution in [3.05, 3.63) is 59.2 Å². The van der Waals surface area contributed by atoms with Gasteiger partial charge in [0.25, 0.3) is 0 Å². The molecule has 0 aliphatic heterocycles. The van der Waals surface area contributed by atoms with Crippen LogP contribution >= 0.6 is 0 Å². The Balaban J connectivity index is 2.52. The third kappa shape index (κ3) is 3.77. The number of carbonyl (C=O) groups is 1. The lowest BCUT2D eigenvalue weighted by Gasteiger charge is -2.18. The molecule has 0 saturated heterocycles. The van der Waals surface area contributed by atoms with Crippen molar-refractivity contribution >= 4 is 11.9 Å². The molecule has 0 aromatic heterocycles. The van der Waals surface area contributed by atoms with Crippen molar-refractivity contribution in [3.8, 4) is 17.2 Å². The van der Waals surface area contributed by atoms with Crippen molar-refractivity contribution in [2.45, 2.75) is 20.5 Å². The van der Waals surface area contributed by atoms with Crippen LogP contribution in [0.15, 0.2) is 42.5 Å². The van der Waals surface area contributed by atoms with Gasteiger partial charge in [-0.1, -0.05) is 42.5 Å². The highest BCUT2D eigenvalue weighted by Crippen LogP contribution is 2.41. The Bertz CT molecular complexity index is 733. The van der Waals surface area contributed by atoms with E-state index >= 15 is 0 Å². The molecule has 0 heterocycles. The van der Waals surface area contributed by atoms with E-state index in [9.17, 15) is 4.79 Å². The summed E-state index contributed by atoms with van der Waals surface area (Å²) in [6, 6.07) is 11.5. The van der Waals surface area contributed by atoms with Crippen LogP contribution in [0.5, 0.6) is 17.2 Å². The van der Waals surface area contributed by atoms with Gasteiger partial charge >= 0.3 is 0 Å². The maximum Gasteiger partial charge on any atom is 0.168 e. The predicted molar refractivity (Wildman–Crippen MR) is 95.0 cm³/mol. The summed E-state index contributed by atoms with van der Waals surface area (Å²) >= 11 is 0. The lowest BCUT2D eigenvalue weighted by Crippen LogP contribution is -2.07. The third-order valence-electron chi connectivity index (χ3n) is 3.59. The van der Waals surface area contributed by atoms with Gasteiger partial charge in [0.2, 0.25) is 0 Å². The molecule has 0 aliphatic carbocycles. The zero-order valence-corrected chi connectivity index (χ0v) is 14.5. The fraction of sp³-hybridized carbons (Fsp3) is 0.250. The van der Waals surface area contributed by atoms with E-state index in [0.717, 1.165) is 5.56 Å². The van der Waals surface area contributed by atoms with Crippen molar-refractivity contribution in [3.63, 3.8) is 0 Å². The summed E-state index contributed by atoms with van der Waals surface area (Å²) in [5, 5.41) is 0. The highest BCUT2D eigenvalue weighted by atomic mass is 16.5. The van der Waals surface area contributed by atoms with E-state index in [0.29, 0.717) is 35.0 Å². The smallest absolute Gasteiger partial charge is 0.168 e. The first-order valence-electron chi connectivity index (χ1n) is 7.71. The molecule has 0 amide bonds. The molecule has 0 saturated carbocycles. The average Bonchev–Trinajstić information content (AvgIpc) is 2.60. The molecule has 0 spiro atoms.